The Balaban J connectivity index is 2.03. The largest absolute Gasteiger partial charge is 0.469 e. The molecular formula is C12H20O3. The molecule has 2 aliphatic rings. The Bertz CT molecular complexity index is 237. The molecule has 0 aromatic rings. The number of esters is 1. The van der Waals surface area contributed by atoms with E-state index in [1.54, 1.807) is 0 Å². The molecule has 0 radical (unpaired) electrons. The van der Waals surface area contributed by atoms with Crippen molar-refractivity contribution in [2.75, 3.05) is 13.7 Å². The van der Waals surface area contributed by atoms with Gasteiger partial charge in [0.2, 0.25) is 0 Å². The van der Waals surface area contributed by atoms with Crippen LogP contribution in [0.5, 0.6) is 0 Å². The van der Waals surface area contributed by atoms with Crippen molar-refractivity contribution in [2.45, 2.75) is 45.1 Å². The lowest BCUT2D eigenvalue weighted by atomic mass is 9.68. The van der Waals surface area contributed by atoms with Gasteiger partial charge in [-0.3, -0.25) is 4.79 Å². The number of methoxy groups -OCH3 is 1. The van der Waals surface area contributed by atoms with E-state index in [0.717, 1.165) is 44.6 Å². The Morgan fingerprint density at radius 1 is 1.47 bits per heavy atom. The SMILES string of the molecule is COC(=O)C1(CC2CO2)CCC(C)CC1. The summed E-state index contributed by atoms with van der Waals surface area (Å²) in [6.07, 6.45) is 5.41. The molecule has 15 heavy (non-hydrogen) atoms. The van der Waals surface area contributed by atoms with Crippen molar-refractivity contribution in [3.05, 3.63) is 0 Å². The molecule has 1 saturated heterocycles. The number of carbonyl (C=O) groups excluding carboxylic acids is 1. The third-order valence-corrected chi connectivity index (χ3v) is 3.87. The smallest absolute Gasteiger partial charge is 0.311 e. The zero-order chi connectivity index (χ0) is 10.9. The molecule has 1 atom stereocenters. The van der Waals surface area contributed by atoms with Crippen LogP contribution in [0.3, 0.4) is 0 Å². The monoisotopic (exact) mass is 212 g/mol. The van der Waals surface area contributed by atoms with E-state index in [-0.39, 0.29) is 11.4 Å². The van der Waals surface area contributed by atoms with Crippen LogP contribution >= 0.6 is 0 Å². The van der Waals surface area contributed by atoms with E-state index >= 15 is 0 Å². The summed E-state index contributed by atoms with van der Waals surface area (Å²) in [5.41, 5.74) is -0.234. The highest BCUT2D eigenvalue weighted by Gasteiger charge is 2.46. The normalized spacial score (nSPS) is 39.9. The van der Waals surface area contributed by atoms with E-state index in [9.17, 15) is 4.79 Å². The molecule has 2 fully saturated rings. The van der Waals surface area contributed by atoms with Crippen molar-refractivity contribution >= 4 is 5.97 Å². The van der Waals surface area contributed by atoms with Crippen LogP contribution in [0.1, 0.15) is 39.0 Å². The fourth-order valence-electron chi connectivity index (χ4n) is 2.64. The molecule has 3 nitrogen and oxygen atoms in total. The van der Waals surface area contributed by atoms with Crippen LogP contribution in [0.4, 0.5) is 0 Å². The molecule has 1 unspecified atom stereocenters. The maximum absolute atomic E-state index is 11.9. The molecule has 0 bridgehead atoms. The zero-order valence-electron chi connectivity index (χ0n) is 9.62. The minimum atomic E-state index is -0.234. The number of hydrogen-bond donors (Lipinski definition) is 0. The maximum Gasteiger partial charge on any atom is 0.311 e. The van der Waals surface area contributed by atoms with Gasteiger partial charge in [0.05, 0.1) is 25.2 Å². The van der Waals surface area contributed by atoms with Crippen LogP contribution in [-0.4, -0.2) is 25.8 Å². The molecule has 1 heterocycles. The maximum atomic E-state index is 11.9. The topological polar surface area (TPSA) is 38.8 Å². The lowest BCUT2D eigenvalue weighted by Crippen LogP contribution is -2.37. The van der Waals surface area contributed by atoms with Gasteiger partial charge in [0, 0.05) is 0 Å². The molecule has 3 heteroatoms. The second-order valence-electron chi connectivity index (χ2n) is 5.11. The predicted molar refractivity (Wildman–Crippen MR) is 56.4 cm³/mol. The predicted octanol–water partition coefficient (Wildman–Crippen LogP) is 2.14. The summed E-state index contributed by atoms with van der Waals surface area (Å²) in [6, 6.07) is 0. The molecular weight excluding hydrogens is 192 g/mol. The van der Waals surface area contributed by atoms with E-state index in [4.69, 9.17) is 9.47 Å². The summed E-state index contributed by atoms with van der Waals surface area (Å²) in [7, 11) is 1.50. The van der Waals surface area contributed by atoms with Crippen molar-refractivity contribution in [1.82, 2.24) is 0 Å². The molecule has 0 amide bonds. The van der Waals surface area contributed by atoms with Crippen molar-refractivity contribution in [2.24, 2.45) is 11.3 Å². The van der Waals surface area contributed by atoms with Crippen LogP contribution in [0, 0.1) is 11.3 Å². The Kier molecular flexibility index (Phi) is 3.01. The van der Waals surface area contributed by atoms with Gasteiger partial charge in [0.15, 0.2) is 0 Å². The van der Waals surface area contributed by atoms with Gasteiger partial charge in [-0.15, -0.1) is 0 Å². The molecule has 0 aromatic carbocycles. The molecule has 0 N–H and O–H groups in total. The molecule has 0 aromatic heterocycles. The molecule has 2 rings (SSSR count). The highest BCUT2D eigenvalue weighted by Crippen LogP contribution is 2.45. The quantitative estimate of drug-likeness (QED) is 0.531. The van der Waals surface area contributed by atoms with E-state index in [2.05, 4.69) is 6.92 Å². The van der Waals surface area contributed by atoms with Gasteiger partial charge in [0.1, 0.15) is 0 Å². The lowest BCUT2D eigenvalue weighted by molar-refractivity contribution is -0.156. The Hall–Kier alpha value is -0.570. The summed E-state index contributed by atoms with van der Waals surface area (Å²) in [5, 5.41) is 0. The minimum absolute atomic E-state index is 0.0232. The summed E-state index contributed by atoms with van der Waals surface area (Å²) in [4.78, 5) is 11.9. The fraction of sp³-hybridized carbons (Fsp3) is 0.917. The first kappa shape index (κ1) is 10.9. The minimum Gasteiger partial charge on any atom is -0.469 e. The second kappa shape index (κ2) is 4.12. The third kappa shape index (κ3) is 2.33. The second-order valence-corrected chi connectivity index (χ2v) is 5.11. The fourth-order valence-corrected chi connectivity index (χ4v) is 2.64. The number of rotatable bonds is 3. The van der Waals surface area contributed by atoms with Crippen molar-refractivity contribution in [1.29, 1.82) is 0 Å². The average Bonchev–Trinajstić information content (AvgIpc) is 3.04. The van der Waals surface area contributed by atoms with Crippen LogP contribution < -0.4 is 0 Å². The van der Waals surface area contributed by atoms with E-state index < -0.39 is 0 Å². The van der Waals surface area contributed by atoms with Gasteiger partial charge in [0.25, 0.3) is 0 Å². The number of carbonyl (C=O) groups is 1. The Labute approximate surface area is 91.1 Å². The van der Waals surface area contributed by atoms with Gasteiger partial charge in [-0.25, -0.2) is 0 Å². The highest BCUT2D eigenvalue weighted by atomic mass is 16.6. The Morgan fingerprint density at radius 2 is 2.07 bits per heavy atom. The van der Waals surface area contributed by atoms with Gasteiger partial charge in [-0.2, -0.15) is 0 Å². The first-order valence-electron chi connectivity index (χ1n) is 5.86. The lowest BCUT2D eigenvalue weighted by Gasteiger charge is -2.36. The van der Waals surface area contributed by atoms with Gasteiger partial charge in [-0.05, 0) is 38.0 Å². The summed E-state index contributed by atoms with van der Waals surface area (Å²) in [6.45, 7) is 3.09. The molecule has 1 aliphatic heterocycles. The molecule has 0 spiro atoms. The Morgan fingerprint density at radius 3 is 2.53 bits per heavy atom. The van der Waals surface area contributed by atoms with Crippen molar-refractivity contribution < 1.29 is 14.3 Å². The van der Waals surface area contributed by atoms with Crippen LogP contribution in [0.15, 0.2) is 0 Å². The van der Waals surface area contributed by atoms with Crippen molar-refractivity contribution in [3.63, 3.8) is 0 Å². The van der Waals surface area contributed by atoms with Gasteiger partial charge >= 0.3 is 5.97 Å². The first-order chi connectivity index (χ1) is 7.16. The first-order valence-corrected chi connectivity index (χ1v) is 5.86. The van der Waals surface area contributed by atoms with E-state index in [0.29, 0.717) is 6.10 Å². The number of hydrogen-bond acceptors (Lipinski definition) is 3. The number of ether oxygens (including phenoxy) is 2. The summed E-state index contributed by atoms with van der Waals surface area (Å²) in [5.74, 6) is 0.729. The summed E-state index contributed by atoms with van der Waals surface area (Å²) >= 11 is 0. The number of epoxide rings is 1. The van der Waals surface area contributed by atoms with Crippen molar-refractivity contribution in [3.8, 4) is 0 Å². The van der Waals surface area contributed by atoms with Gasteiger partial charge in [-0.1, -0.05) is 6.92 Å². The third-order valence-electron chi connectivity index (χ3n) is 3.87. The van der Waals surface area contributed by atoms with Crippen LogP contribution in [0.2, 0.25) is 0 Å². The van der Waals surface area contributed by atoms with E-state index in [1.165, 1.54) is 7.11 Å². The van der Waals surface area contributed by atoms with Gasteiger partial charge < -0.3 is 9.47 Å². The molecule has 1 saturated carbocycles. The average molecular weight is 212 g/mol. The van der Waals surface area contributed by atoms with Crippen LogP contribution in [-0.2, 0) is 14.3 Å². The highest BCUT2D eigenvalue weighted by molar-refractivity contribution is 5.77. The summed E-state index contributed by atoms with van der Waals surface area (Å²) < 4.78 is 10.2. The van der Waals surface area contributed by atoms with E-state index in [1.807, 2.05) is 0 Å². The zero-order valence-corrected chi connectivity index (χ0v) is 9.62. The molecule has 1 aliphatic carbocycles. The van der Waals surface area contributed by atoms with Crippen LogP contribution in [0.25, 0.3) is 0 Å². The molecule has 86 valence electrons. The standard InChI is InChI=1S/C12H20O3/c1-9-3-5-12(6-4-9,11(13)14-2)7-10-8-15-10/h9-10H,3-8H2,1-2H3.